The summed E-state index contributed by atoms with van der Waals surface area (Å²) in [7, 11) is 7.37. The van der Waals surface area contributed by atoms with Crippen LogP contribution in [-0.2, 0) is 15.9 Å². The van der Waals surface area contributed by atoms with E-state index in [2.05, 4.69) is 0 Å². The smallest absolute Gasteiger partial charge is 0.163 e. The van der Waals surface area contributed by atoms with Gasteiger partial charge < -0.3 is 14.2 Å². The fourth-order valence-corrected chi connectivity index (χ4v) is 2.04. The zero-order valence-electron chi connectivity index (χ0n) is 10.5. The van der Waals surface area contributed by atoms with Crippen LogP contribution >= 0.6 is 0 Å². The minimum Gasteiger partial charge on any atom is -0.496 e. The highest BCUT2D eigenvalue weighted by molar-refractivity contribution is 6.32. The molecule has 0 saturated carbocycles. The number of benzene rings is 1. The quantitative estimate of drug-likeness (QED) is 0.732. The lowest BCUT2D eigenvalue weighted by molar-refractivity contribution is -0.138. The van der Waals surface area contributed by atoms with Gasteiger partial charge in [-0.2, -0.15) is 0 Å². The fraction of sp³-hybridized carbons (Fsp3) is 0.538. The maximum absolute atomic E-state index is 5.77. The van der Waals surface area contributed by atoms with Gasteiger partial charge in [-0.05, 0) is 25.5 Å². The second-order valence-corrected chi connectivity index (χ2v) is 4.73. The standard InChI is InChI=1S/C13H17BO3/c1-13(2)16-8-11(17-13)6-9-4-5-10(14)7-12(9)15-3/h4-5,7,11H,6,8H2,1-3H3. The van der Waals surface area contributed by atoms with Crippen LogP contribution in [0, 0.1) is 0 Å². The molecular formula is C13H17BO3. The van der Waals surface area contributed by atoms with Crippen LogP contribution in [0.25, 0.3) is 0 Å². The van der Waals surface area contributed by atoms with E-state index >= 15 is 0 Å². The molecule has 17 heavy (non-hydrogen) atoms. The number of ether oxygens (including phenoxy) is 3. The minimum absolute atomic E-state index is 0.0718. The van der Waals surface area contributed by atoms with Gasteiger partial charge in [0.2, 0.25) is 0 Å². The molecule has 1 aromatic rings. The van der Waals surface area contributed by atoms with Crippen molar-refractivity contribution in [2.24, 2.45) is 0 Å². The Hall–Kier alpha value is -0.995. The molecule has 90 valence electrons. The van der Waals surface area contributed by atoms with Crippen LogP contribution in [0.4, 0.5) is 0 Å². The highest BCUT2D eigenvalue weighted by Crippen LogP contribution is 2.27. The second kappa shape index (κ2) is 4.71. The molecule has 2 radical (unpaired) electrons. The van der Waals surface area contributed by atoms with E-state index in [-0.39, 0.29) is 6.10 Å². The molecule has 2 rings (SSSR count). The Bertz CT molecular complexity index is 404. The van der Waals surface area contributed by atoms with E-state index in [4.69, 9.17) is 22.1 Å². The topological polar surface area (TPSA) is 27.7 Å². The van der Waals surface area contributed by atoms with Crippen LogP contribution in [0.2, 0.25) is 0 Å². The first-order valence-electron chi connectivity index (χ1n) is 5.74. The average Bonchev–Trinajstić information content (AvgIpc) is 2.61. The third kappa shape index (κ3) is 3.02. The van der Waals surface area contributed by atoms with Crippen molar-refractivity contribution < 1.29 is 14.2 Å². The maximum Gasteiger partial charge on any atom is 0.163 e. The average molecular weight is 232 g/mol. The molecule has 1 saturated heterocycles. The van der Waals surface area contributed by atoms with Crippen molar-refractivity contribution in [2.45, 2.75) is 32.2 Å². The molecule has 1 heterocycles. The molecule has 1 aliphatic rings. The molecule has 0 N–H and O–H groups in total. The highest BCUT2D eigenvalue weighted by Gasteiger charge is 2.32. The van der Waals surface area contributed by atoms with E-state index in [1.165, 1.54) is 0 Å². The Kier molecular flexibility index (Phi) is 3.45. The highest BCUT2D eigenvalue weighted by atomic mass is 16.7. The monoisotopic (exact) mass is 232 g/mol. The molecule has 0 aromatic heterocycles. The zero-order chi connectivity index (χ0) is 12.5. The first-order chi connectivity index (χ1) is 8.00. The van der Waals surface area contributed by atoms with Gasteiger partial charge >= 0.3 is 0 Å². The lowest BCUT2D eigenvalue weighted by Gasteiger charge is -2.18. The molecule has 4 heteroatoms. The van der Waals surface area contributed by atoms with Gasteiger partial charge in [-0.3, -0.25) is 0 Å². The van der Waals surface area contributed by atoms with Gasteiger partial charge in [0.1, 0.15) is 13.6 Å². The maximum atomic E-state index is 5.77. The van der Waals surface area contributed by atoms with Gasteiger partial charge in [-0.15, -0.1) is 0 Å². The predicted octanol–water partition coefficient (Wildman–Crippen LogP) is 1.18. The summed E-state index contributed by atoms with van der Waals surface area (Å²) in [6, 6.07) is 5.68. The van der Waals surface area contributed by atoms with Crippen LogP contribution in [0.1, 0.15) is 19.4 Å². The fourth-order valence-electron chi connectivity index (χ4n) is 2.04. The van der Waals surface area contributed by atoms with Crippen LogP contribution in [-0.4, -0.2) is 33.5 Å². The molecule has 3 nitrogen and oxygen atoms in total. The van der Waals surface area contributed by atoms with Gasteiger partial charge in [-0.1, -0.05) is 17.6 Å². The SMILES string of the molecule is [B]c1ccc(CC2COC(C)(C)O2)c(OC)c1. The summed E-state index contributed by atoms with van der Waals surface area (Å²) in [5, 5.41) is 0. The number of hydrogen-bond donors (Lipinski definition) is 0. The van der Waals surface area contributed by atoms with Gasteiger partial charge in [0.15, 0.2) is 5.79 Å². The molecule has 0 bridgehead atoms. The van der Waals surface area contributed by atoms with Crippen molar-refractivity contribution in [3.63, 3.8) is 0 Å². The number of methoxy groups -OCH3 is 1. The van der Waals surface area contributed by atoms with Crippen molar-refractivity contribution >= 4 is 13.3 Å². The normalized spacial score (nSPS) is 22.6. The lowest BCUT2D eigenvalue weighted by atomic mass is 9.93. The van der Waals surface area contributed by atoms with E-state index in [9.17, 15) is 0 Å². The van der Waals surface area contributed by atoms with Crippen LogP contribution in [0.3, 0.4) is 0 Å². The van der Waals surface area contributed by atoms with Crippen molar-refractivity contribution in [3.8, 4) is 5.75 Å². The van der Waals surface area contributed by atoms with Gasteiger partial charge in [0, 0.05) is 6.42 Å². The molecule has 1 atom stereocenters. The van der Waals surface area contributed by atoms with Crippen LogP contribution in [0.15, 0.2) is 18.2 Å². The first kappa shape index (κ1) is 12.5. The summed E-state index contributed by atoms with van der Waals surface area (Å²) in [5.41, 5.74) is 1.79. The molecule has 1 aliphatic heterocycles. The Morgan fingerprint density at radius 1 is 1.47 bits per heavy atom. The van der Waals surface area contributed by atoms with Gasteiger partial charge in [0.05, 0.1) is 19.8 Å². The van der Waals surface area contributed by atoms with E-state index in [0.717, 1.165) is 17.7 Å². The van der Waals surface area contributed by atoms with Crippen LogP contribution < -0.4 is 10.2 Å². The molecule has 0 spiro atoms. The third-order valence-corrected chi connectivity index (χ3v) is 2.83. The van der Waals surface area contributed by atoms with Crippen LogP contribution in [0.5, 0.6) is 5.75 Å². The van der Waals surface area contributed by atoms with E-state index in [0.29, 0.717) is 12.1 Å². The van der Waals surface area contributed by atoms with Crippen molar-refractivity contribution in [3.05, 3.63) is 23.8 Å². The molecule has 0 amide bonds. The first-order valence-corrected chi connectivity index (χ1v) is 5.74. The zero-order valence-corrected chi connectivity index (χ0v) is 10.5. The summed E-state index contributed by atoms with van der Waals surface area (Å²) < 4.78 is 16.6. The van der Waals surface area contributed by atoms with E-state index in [1.54, 1.807) is 7.11 Å². The summed E-state index contributed by atoms with van der Waals surface area (Å²) in [4.78, 5) is 0. The second-order valence-electron chi connectivity index (χ2n) is 4.73. The third-order valence-electron chi connectivity index (χ3n) is 2.83. The van der Waals surface area contributed by atoms with Gasteiger partial charge in [0.25, 0.3) is 0 Å². The van der Waals surface area contributed by atoms with Gasteiger partial charge in [-0.25, -0.2) is 0 Å². The largest absolute Gasteiger partial charge is 0.496 e. The Balaban J connectivity index is 2.09. The summed E-state index contributed by atoms with van der Waals surface area (Å²) in [6.07, 6.45) is 0.842. The van der Waals surface area contributed by atoms with Crippen molar-refractivity contribution in [2.75, 3.05) is 13.7 Å². The summed E-state index contributed by atoms with van der Waals surface area (Å²) in [6.45, 7) is 4.46. The van der Waals surface area contributed by atoms with Crippen molar-refractivity contribution in [1.82, 2.24) is 0 Å². The van der Waals surface area contributed by atoms with Crippen molar-refractivity contribution in [1.29, 1.82) is 0 Å². The Morgan fingerprint density at radius 2 is 2.24 bits per heavy atom. The molecule has 1 fully saturated rings. The molecular weight excluding hydrogens is 215 g/mol. The molecule has 1 unspecified atom stereocenters. The Morgan fingerprint density at radius 3 is 2.82 bits per heavy atom. The molecule has 0 aliphatic carbocycles. The number of rotatable bonds is 3. The minimum atomic E-state index is -0.480. The summed E-state index contributed by atoms with van der Waals surface area (Å²) in [5.74, 6) is 0.324. The molecule has 1 aromatic carbocycles. The van der Waals surface area contributed by atoms with E-state index in [1.807, 2.05) is 32.0 Å². The summed E-state index contributed by atoms with van der Waals surface area (Å²) >= 11 is 0. The lowest BCUT2D eigenvalue weighted by Crippen LogP contribution is -2.22. The van der Waals surface area contributed by atoms with E-state index < -0.39 is 5.79 Å². The Labute approximate surface area is 103 Å². The number of hydrogen-bond acceptors (Lipinski definition) is 3. The predicted molar refractivity (Wildman–Crippen MR) is 67.0 cm³/mol.